The van der Waals surface area contributed by atoms with Crippen LogP contribution in [0.25, 0.3) is 11.1 Å². The summed E-state index contributed by atoms with van der Waals surface area (Å²) in [6.45, 7) is 3.61. The number of hydrogen-bond acceptors (Lipinski definition) is 8. The van der Waals surface area contributed by atoms with Gasteiger partial charge in [0.2, 0.25) is 0 Å². The van der Waals surface area contributed by atoms with Gasteiger partial charge < -0.3 is 15.3 Å². The highest BCUT2D eigenvalue weighted by atomic mass is 19.4. The molecule has 12 nitrogen and oxygen atoms in total. The van der Waals surface area contributed by atoms with E-state index in [4.69, 9.17) is 9.90 Å². The van der Waals surface area contributed by atoms with Gasteiger partial charge in [-0.15, -0.1) is 0 Å². The molecule has 3 aromatic heterocycles. The number of carboxylic acid groups (broad SMARTS) is 1. The van der Waals surface area contributed by atoms with Gasteiger partial charge in [-0.05, 0) is 13.8 Å². The number of alkyl halides is 6. The van der Waals surface area contributed by atoms with Crippen molar-refractivity contribution in [1.82, 2.24) is 35.3 Å². The number of aryl methyl sites for hydroxylation is 1. The Hall–Kier alpha value is -4.69. The first-order chi connectivity index (χ1) is 18.6. The van der Waals surface area contributed by atoms with Crippen LogP contribution in [-0.2, 0) is 10.3 Å². The lowest BCUT2D eigenvalue weighted by Crippen LogP contribution is -2.63. The zero-order valence-electron chi connectivity index (χ0n) is 20.7. The maximum Gasteiger partial charge on any atom is 0.490 e. The van der Waals surface area contributed by atoms with E-state index >= 15 is 0 Å². The number of aliphatic carboxylic acids is 1. The van der Waals surface area contributed by atoms with E-state index in [1.807, 2.05) is 23.3 Å². The highest BCUT2D eigenvalue weighted by Crippen LogP contribution is 2.36. The zero-order chi connectivity index (χ0) is 29.9. The number of aromatic amines is 1. The van der Waals surface area contributed by atoms with Crippen molar-refractivity contribution in [2.45, 2.75) is 44.2 Å². The minimum Gasteiger partial charge on any atom is -0.475 e. The average molecular weight is 573 g/mol. The molecule has 18 heteroatoms. The van der Waals surface area contributed by atoms with Crippen LogP contribution in [-0.4, -0.2) is 78.4 Å². The van der Waals surface area contributed by atoms with Crippen molar-refractivity contribution < 1.29 is 41.0 Å². The van der Waals surface area contributed by atoms with E-state index < -0.39 is 35.8 Å². The van der Waals surface area contributed by atoms with E-state index in [1.165, 1.54) is 6.20 Å². The smallest absolute Gasteiger partial charge is 0.475 e. The fraction of sp³-hybridized carbons (Fsp3) is 0.409. The van der Waals surface area contributed by atoms with Gasteiger partial charge in [-0.2, -0.15) is 41.8 Å². The first kappa shape index (κ1) is 29.9. The molecular formula is C22H21F6N9O3. The molecule has 1 saturated heterocycles. The fourth-order valence-electron chi connectivity index (χ4n) is 3.63. The molecule has 1 aliphatic heterocycles. The van der Waals surface area contributed by atoms with Gasteiger partial charge in [-0.1, -0.05) is 0 Å². The summed E-state index contributed by atoms with van der Waals surface area (Å²) in [6, 6.07) is 0.202. The monoisotopic (exact) mass is 573 g/mol. The summed E-state index contributed by atoms with van der Waals surface area (Å²) in [6.07, 6.45) is -1.66. The van der Waals surface area contributed by atoms with Crippen molar-refractivity contribution in [3.8, 4) is 17.2 Å². The van der Waals surface area contributed by atoms with E-state index in [1.54, 1.807) is 17.1 Å². The molecule has 0 aliphatic carbocycles. The van der Waals surface area contributed by atoms with E-state index in [0.717, 1.165) is 29.9 Å². The average Bonchev–Trinajstić information content (AvgIpc) is 3.49. The number of halogens is 6. The highest BCUT2D eigenvalue weighted by molar-refractivity contribution is 5.92. The quantitative estimate of drug-likeness (QED) is 0.376. The number of anilines is 1. The number of carboxylic acids is 1. The molecule has 4 heterocycles. The number of carbonyl (C=O) groups is 2. The molecule has 0 bridgehead atoms. The second-order valence-electron chi connectivity index (χ2n) is 8.80. The van der Waals surface area contributed by atoms with Crippen LogP contribution in [0.1, 0.15) is 29.5 Å². The van der Waals surface area contributed by atoms with Gasteiger partial charge in [0, 0.05) is 36.1 Å². The minimum atomic E-state index is -5.08. The van der Waals surface area contributed by atoms with E-state index in [9.17, 15) is 36.4 Å². The van der Waals surface area contributed by atoms with E-state index in [0.29, 0.717) is 18.9 Å². The third-order valence-corrected chi connectivity index (χ3v) is 5.86. The van der Waals surface area contributed by atoms with Gasteiger partial charge in [0.25, 0.3) is 5.91 Å². The van der Waals surface area contributed by atoms with Gasteiger partial charge in [0.1, 0.15) is 23.1 Å². The van der Waals surface area contributed by atoms with Gasteiger partial charge in [0.15, 0.2) is 0 Å². The number of hydrogen-bond donors (Lipinski definition) is 3. The van der Waals surface area contributed by atoms with Crippen molar-refractivity contribution in [3.05, 3.63) is 42.4 Å². The Kier molecular flexibility index (Phi) is 8.36. The number of amides is 1. The molecule has 4 rings (SSSR count). The second kappa shape index (κ2) is 11.2. The Morgan fingerprint density at radius 3 is 2.30 bits per heavy atom. The van der Waals surface area contributed by atoms with Crippen LogP contribution in [0, 0.1) is 18.3 Å². The van der Waals surface area contributed by atoms with Crippen molar-refractivity contribution >= 4 is 17.7 Å². The molecular weight excluding hydrogens is 552 g/mol. The van der Waals surface area contributed by atoms with Crippen LogP contribution >= 0.6 is 0 Å². The Balaban J connectivity index is 0.000000559. The number of nitrogens with zero attached hydrogens (tertiary/aromatic N) is 7. The lowest BCUT2D eigenvalue weighted by molar-refractivity contribution is -0.192. The molecule has 0 spiro atoms. The molecule has 1 unspecified atom stereocenters. The molecule has 214 valence electrons. The van der Waals surface area contributed by atoms with Crippen molar-refractivity contribution in [2.75, 3.05) is 18.0 Å². The van der Waals surface area contributed by atoms with Crippen LogP contribution in [0.15, 0.2) is 31.0 Å². The standard InChI is InChI=1S/C20H20F3N9O.C2HF3O2/c1-12-15(6-27-30-12)14-5-28-32(9-14)19(3-4-24)10-31(11-19)17-8-25-16(7-26-17)18(33)29-13(2)20(21,22)23;3-2(4,5)1(6)7/h5-9,13H,3,10-11H2,1-2H3,(H,27,30)(H,29,33);(H,6,7). The van der Waals surface area contributed by atoms with Gasteiger partial charge in [-0.3, -0.25) is 14.6 Å². The Morgan fingerprint density at radius 2 is 1.82 bits per heavy atom. The fourth-order valence-corrected chi connectivity index (χ4v) is 3.63. The highest BCUT2D eigenvalue weighted by Gasteiger charge is 2.46. The van der Waals surface area contributed by atoms with Crippen LogP contribution < -0.4 is 10.2 Å². The summed E-state index contributed by atoms with van der Waals surface area (Å²) in [4.78, 5) is 30.8. The van der Waals surface area contributed by atoms with Crippen molar-refractivity contribution in [3.63, 3.8) is 0 Å². The third kappa shape index (κ3) is 6.65. The topological polar surface area (TPSA) is 166 Å². The molecule has 0 saturated carbocycles. The summed E-state index contributed by atoms with van der Waals surface area (Å²) < 4.78 is 71.4. The molecule has 3 aromatic rings. The van der Waals surface area contributed by atoms with Crippen LogP contribution in [0.5, 0.6) is 0 Å². The molecule has 40 heavy (non-hydrogen) atoms. The molecule has 3 N–H and O–H groups in total. The lowest BCUT2D eigenvalue weighted by atomic mass is 9.87. The number of nitrogens with one attached hydrogen (secondary N) is 2. The maximum absolute atomic E-state index is 12.6. The minimum absolute atomic E-state index is 0.217. The molecule has 0 aromatic carbocycles. The van der Waals surface area contributed by atoms with Gasteiger partial charge in [-0.25, -0.2) is 14.8 Å². The third-order valence-electron chi connectivity index (χ3n) is 5.86. The number of nitriles is 1. The first-order valence-corrected chi connectivity index (χ1v) is 11.2. The molecule has 1 atom stereocenters. The number of H-pyrrole nitrogens is 1. The Morgan fingerprint density at radius 1 is 1.18 bits per heavy atom. The first-order valence-electron chi connectivity index (χ1n) is 11.2. The van der Waals surface area contributed by atoms with E-state index in [-0.39, 0.29) is 12.1 Å². The van der Waals surface area contributed by atoms with Crippen LogP contribution in [0.2, 0.25) is 0 Å². The van der Waals surface area contributed by atoms with Gasteiger partial charge >= 0.3 is 18.3 Å². The van der Waals surface area contributed by atoms with Gasteiger partial charge in [0.05, 0.1) is 37.3 Å². The number of rotatable bonds is 6. The molecule has 0 radical (unpaired) electrons. The summed E-state index contributed by atoms with van der Waals surface area (Å²) in [7, 11) is 0. The molecule has 1 aliphatic rings. The number of aromatic nitrogens is 6. The van der Waals surface area contributed by atoms with Crippen LogP contribution in [0.4, 0.5) is 32.2 Å². The van der Waals surface area contributed by atoms with Crippen molar-refractivity contribution in [2.24, 2.45) is 0 Å². The molecule has 1 amide bonds. The molecule has 1 fully saturated rings. The van der Waals surface area contributed by atoms with E-state index in [2.05, 4.69) is 31.3 Å². The maximum atomic E-state index is 12.6. The van der Waals surface area contributed by atoms with Crippen molar-refractivity contribution in [1.29, 1.82) is 5.26 Å². The lowest BCUT2D eigenvalue weighted by Gasteiger charge is -2.49. The predicted octanol–water partition coefficient (Wildman–Crippen LogP) is 2.81. The summed E-state index contributed by atoms with van der Waals surface area (Å²) in [5.41, 5.74) is 1.92. The largest absolute Gasteiger partial charge is 0.490 e. The summed E-state index contributed by atoms with van der Waals surface area (Å²) in [5.74, 6) is -3.27. The predicted molar refractivity (Wildman–Crippen MR) is 124 cm³/mol. The zero-order valence-corrected chi connectivity index (χ0v) is 20.7. The van der Waals surface area contributed by atoms with Crippen LogP contribution in [0.3, 0.4) is 0 Å². The normalized spacial score (nSPS) is 15.2. The number of carbonyl (C=O) groups excluding carboxylic acids is 1. The second-order valence-corrected chi connectivity index (χ2v) is 8.80. The Labute approximate surface area is 221 Å². The summed E-state index contributed by atoms with van der Waals surface area (Å²) >= 11 is 0. The summed E-state index contributed by atoms with van der Waals surface area (Å²) in [5, 5.41) is 29.7. The SMILES string of the molecule is Cc1[nH]ncc1-c1cnn(C2(CC#N)CN(c3cnc(C(=O)NC(C)C(F)(F)F)cn3)C2)c1.O=C(O)C(F)(F)F. The Bertz CT molecular complexity index is 1390.